The van der Waals surface area contributed by atoms with E-state index in [1.54, 1.807) is 25.1 Å². The van der Waals surface area contributed by atoms with Crippen LogP contribution in [-0.4, -0.2) is 20.0 Å². The van der Waals surface area contributed by atoms with Crippen LogP contribution in [0.5, 0.6) is 0 Å². The molecule has 0 amide bonds. The van der Waals surface area contributed by atoms with Gasteiger partial charge in [0.1, 0.15) is 22.3 Å². The van der Waals surface area contributed by atoms with Crippen molar-refractivity contribution >= 4 is 15.6 Å². The van der Waals surface area contributed by atoms with Crippen molar-refractivity contribution in [1.29, 1.82) is 0 Å². The first-order valence-electron chi connectivity index (χ1n) is 6.08. The molecule has 0 saturated heterocycles. The normalized spacial score (nSPS) is 11.4. The van der Waals surface area contributed by atoms with E-state index in [4.69, 9.17) is 0 Å². The molecule has 0 radical (unpaired) electrons. The molecule has 110 valence electrons. The van der Waals surface area contributed by atoms with Gasteiger partial charge in [-0.1, -0.05) is 24.3 Å². The van der Waals surface area contributed by atoms with Crippen LogP contribution in [0.1, 0.15) is 15.9 Å². The average molecular weight is 310 g/mol. The standard InChI is InChI=1S/C15H12F2O3S/c1-10-4-2-3-5-12(10)14(18)9-21(19,20)15-7-6-11(16)8-13(15)17/h2-8H,9H2,1H3. The largest absolute Gasteiger partial charge is 0.293 e. The summed E-state index contributed by atoms with van der Waals surface area (Å²) in [6, 6.07) is 8.67. The number of ketones is 1. The van der Waals surface area contributed by atoms with Crippen LogP contribution < -0.4 is 0 Å². The summed E-state index contributed by atoms with van der Waals surface area (Å²) in [5, 5.41) is 0. The van der Waals surface area contributed by atoms with Gasteiger partial charge < -0.3 is 0 Å². The molecule has 21 heavy (non-hydrogen) atoms. The number of carbonyl (C=O) groups excluding carboxylic acids is 1. The Morgan fingerprint density at radius 1 is 1.10 bits per heavy atom. The minimum absolute atomic E-state index is 0.267. The summed E-state index contributed by atoms with van der Waals surface area (Å²) in [6.45, 7) is 1.68. The molecule has 2 rings (SSSR count). The van der Waals surface area contributed by atoms with Crippen LogP contribution in [0.25, 0.3) is 0 Å². The van der Waals surface area contributed by atoms with Crippen LogP contribution in [0.15, 0.2) is 47.4 Å². The van der Waals surface area contributed by atoms with Crippen molar-refractivity contribution in [3.8, 4) is 0 Å². The van der Waals surface area contributed by atoms with Crippen molar-refractivity contribution in [3.05, 3.63) is 65.2 Å². The minimum Gasteiger partial charge on any atom is -0.293 e. The predicted octanol–water partition coefficient (Wildman–Crippen LogP) is 2.93. The van der Waals surface area contributed by atoms with E-state index in [1.165, 1.54) is 6.07 Å². The lowest BCUT2D eigenvalue weighted by molar-refractivity contribution is 0.102. The summed E-state index contributed by atoms with van der Waals surface area (Å²) in [5.41, 5.74) is 0.904. The van der Waals surface area contributed by atoms with Crippen LogP contribution in [0.2, 0.25) is 0 Å². The van der Waals surface area contributed by atoms with Gasteiger partial charge >= 0.3 is 0 Å². The molecular weight excluding hydrogens is 298 g/mol. The summed E-state index contributed by atoms with van der Waals surface area (Å²) in [5.74, 6) is -3.57. The zero-order chi connectivity index (χ0) is 15.6. The van der Waals surface area contributed by atoms with E-state index in [2.05, 4.69) is 0 Å². The Balaban J connectivity index is 2.34. The molecular formula is C15H12F2O3S. The fourth-order valence-electron chi connectivity index (χ4n) is 1.94. The molecule has 6 heteroatoms. The van der Waals surface area contributed by atoms with Crippen LogP contribution >= 0.6 is 0 Å². The fourth-order valence-corrected chi connectivity index (χ4v) is 3.23. The molecule has 0 bridgehead atoms. The third-order valence-electron chi connectivity index (χ3n) is 3.00. The maximum Gasteiger partial charge on any atom is 0.188 e. The van der Waals surface area contributed by atoms with E-state index < -0.39 is 37.9 Å². The molecule has 0 aromatic heterocycles. The molecule has 0 aliphatic carbocycles. The van der Waals surface area contributed by atoms with Gasteiger partial charge in [-0.15, -0.1) is 0 Å². The minimum atomic E-state index is -4.16. The first-order chi connectivity index (χ1) is 9.81. The second-order valence-corrected chi connectivity index (χ2v) is 6.53. The Labute approximate surface area is 121 Å². The monoisotopic (exact) mass is 310 g/mol. The van der Waals surface area contributed by atoms with Crippen LogP contribution in [0, 0.1) is 18.6 Å². The van der Waals surface area contributed by atoms with E-state index in [-0.39, 0.29) is 5.56 Å². The highest BCUT2D eigenvalue weighted by Crippen LogP contribution is 2.19. The third-order valence-corrected chi connectivity index (χ3v) is 4.64. The first kappa shape index (κ1) is 15.3. The Bertz CT molecular complexity index is 798. The Kier molecular flexibility index (Phi) is 4.18. The predicted molar refractivity (Wildman–Crippen MR) is 73.9 cm³/mol. The molecule has 0 aliphatic rings. The van der Waals surface area contributed by atoms with Crippen LogP contribution in [0.3, 0.4) is 0 Å². The topological polar surface area (TPSA) is 51.2 Å². The molecule has 0 spiro atoms. The maximum atomic E-state index is 13.5. The van der Waals surface area contributed by atoms with Gasteiger partial charge in [0.05, 0.1) is 0 Å². The van der Waals surface area contributed by atoms with Gasteiger partial charge in [0, 0.05) is 11.6 Å². The number of sulfone groups is 1. The molecule has 0 heterocycles. The zero-order valence-electron chi connectivity index (χ0n) is 11.1. The van der Waals surface area contributed by atoms with Crippen LogP contribution in [-0.2, 0) is 9.84 Å². The third kappa shape index (κ3) is 3.33. The van der Waals surface area contributed by atoms with E-state index in [9.17, 15) is 22.0 Å². The second-order valence-electron chi connectivity index (χ2n) is 4.57. The van der Waals surface area contributed by atoms with Crippen molar-refractivity contribution in [2.24, 2.45) is 0 Å². The number of Topliss-reactive ketones (excluding diaryl/α,β-unsaturated/α-hetero) is 1. The Morgan fingerprint density at radius 3 is 2.38 bits per heavy atom. The number of aryl methyl sites for hydroxylation is 1. The second kappa shape index (κ2) is 5.73. The molecule has 0 unspecified atom stereocenters. The summed E-state index contributed by atoms with van der Waals surface area (Å²) >= 11 is 0. The van der Waals surface area contributed by atoms with E-state index in [1.807, 2.05) is 0 Å². The van der Waals surface area contributed by atoms with Gasteiger partial charge in [-0.25, -0.2) is 17.2 Å². The quantitative estimate of drug-likeness (QED) is 0.644. The highest BCUT2D eigenvalue weighted by molar-refractivity contribution is 7.92. The Morgan fingerprint density at radius 2 is 1.76 bits per heavy atom. The molecule has 0 aliphatic heterocycles. The van der Waals surface area contributed by atoms with Gasteiger partial charge in [0.15, 0.2) is 15.6 Å². The molecule has 2 aromatic carbocycles. The number of hydrogen-bond acceptors (Lipinski definition) is 3. The van der Waals surface area contributed by atoms with Gasteiger partial charge in [-0.2, -0.15) is 0 Å². The van der Waals surface area contributed by atoms with Crippen molar-refractivity contribution in [3.63, 3.8) is 0 Å². The lowest BCUT2D eigenvalue weighted by Crippen LogP contribution is -2.18. The fraction of sp³-hybridized carbons (Fsp3) is 0.133. The summed E-state index contributed by atoms with van der Waals surface area (Å²) in [7, 11) is -4.16. The molecule has 3 nitrogen and oxygen atoms in total. The van der Waals surface area contributed by atoms with Crippen molar-refractivity contribution < 1.29 is 22.0 Å². The van der Waals surface area contributed by atoms with Crippen molar-refractivity contribution in [1.82, 2.24) is 0 Å². The molecule has 0 atom stereocenters. The SMILES string of the molecule is Cc1ccccc1C(=O)CS(=O)(=O)c1ccc(F)cc1F. The number of rotatable bonds is 4. The van der Waals surface area contributed by atoms with Gasteiger partial charge in [0.25, 0.3) is 0 Å². The van der Waals surface area contributed by atoms with Gasteiger partial charge in [-0.3, -0.25) is 4.79 Å². The van der Waals surface area contributed by atoms with Gasteiger partial charge in [-0.05, 0) is 24.6 Å². The molecule has 0 N–H and O–H groups in total. The lowest BCUT2D eigenvalue weighted by Gasteiger charge is -2.07. The van der Waals surface area contributed by atoms with E-state index >= 15 is 0 Å². The zero-order valence-corrected chi connectivity index (χ0v) is 12.0. The molecule has 0 fully saturated rings. The summed E-state index contributed by atoms with van der Waals surface area (Å²) < 4.78 is 50.5. The highest BCUT2D eigenvalue weighted by Gasteiger charge is 2.24. The van der Waals surface area contributed by atoms with Crippen molar-refractivity contribution in [2.45, 2.75) is 11.8 Å². The van der Waals surface area contributed by atoms with E-state index in [0.29, 0.717) is 11.6 Å². The van der Waals surface area contributed by atoms with Crippen LogP contribution in [0.4, 0.5) is 8.78 Å². The molecule has 0 saturated carbocycles. The lowest BCUT2D eigenvalue weighted by atomic mass is 10.1. The average Bonchev–Trinajstić information content (AvgIpc) is 2.37. The number of benzene rings is 2. The van der Waals surface area contributed by atoms with Gasteiger partial charge in [0.2, 0.25) is 0 Å². The summed E-state index contributed by atoms with van der Waals surface area (Å²) in [6.07, 6.45) is 0. The smallest absolute Gasteiger partial charge is 0.188 e. The number of carbonyl (C=O) groups is 1. The number of hydrogen-bond donors (Lipinski definition) is 0. The summed E-state index contributed by atoms with van der Waals surface area (Å²) in [4.78, 5) is 11.4. The first-order valence-corrected chi connectivity index (χ1v) is 7.73. The maximum absolute atomic E-state index is 13.5. The number of halogens is 2. The Hall–Kier alpha value is -2.08. The highest BCUT2D eigenvalue weighted by atomic mass is 32.2. The molecule has 2 aromatic rings. The van der Waals surface area contributed by atoms with E-state index in [0.717, 1.165) is 12.1 Å². The van der Waals surface area contributed by atoms with Crippen molar-refractivity contribution in [2.75, 3.05) is 5.75 Å².